The van der Waals surface area contributed by atoms with Crippen LogP contribution in [0.25, 0.3) is 22.1 Å². The number of carbonyl (C=O) groups is 4. The summed E-state index contributed by atoms with van der Waals surface area (Å²) < 4.78 is 116. The number of carbonyl (C=O) groups excluding carboxylic acids is 6. The Bertz CT molecular complexity index is 3400. The van der Waals surface area contributed by atoms with Gasteiger partial charge in [0.05, 0.1) is 35.2 Å². The first-order chi connectivity index (χ1) is 42.1. The first kappa shape index (κ1) is 69.6. The number of alkyl carbamates (subject to hydrolysis) is 2. The van der Waals surface area contributed by atoms with Crippen molar-refractivity contribution < 1.29 is 111 Å². The summed E-state index contributed by atoms with van der Waals surface area (Å²) in [6.45, 7) is 13.9. The SMILES string of the molecule is CC[C@@H]1[C@@H]2CN(C(=O)[C@H](C(C)(C)C)NC(=O)O[C@@H]3CC4CC4[C@H]3CCCCC(F)(F)c3nc4ccc(F)cc4nc3O2)[C@@H]1[C-]=O.C[C@@H]1[C@@H]2CN(C(=O)[C@H](C(C)(C)C)NC(=O)O[C@@H]3CC4CC4[C@H]3CCCCC(F)(F)c3nc4ccc(F)cc4nc3O2)[C@@H]1[C-]=O.[V].[V]. The fourth-order valence-electron chi connectivity index (χ4n) is 14.9. The third kappa shape index (κ3) is 14.5. The number of benzene rings is 2. The average molecular weight is 1350 g/mol. The van der Waals surface area contributed by atoms with E-state index in [0.717, 1.165) is 43.5 Å². The molecule has 492 valence electrons. The van der Waals surface area contributed by atoms with E-state index >= 15 is 17.6 Å². The number of rotatable bonds is 3. The van der Waals surface area contributed by atoms with Gasteiger partial charge in [-0.05, 0) is 134 Å². The summed E-state index contributed by atoms with van der Waals surface area (Å²) in [6, 6.07) is 2.83. The maximum atomic E-state index is 16.0. The fraction of sp³-hybridized carbons (Fsp3) is 0.662. The van der Waals surface area contributed by atoms with Crippen molar-refractivity contribution in [3.8, 4) is 11.8 Å². The molecule has 12 rings (SSSR count). The van der Waals surface area contributed by atoms with Gasteiger partial charge >= 0.3 is 12.2 Å². The Balaban J connectivity index is 0.000000211. The number of ether oxygens (including phenoxy) is 4. The molecule has 91 heavy (non-hydrogen) atoms. The Kier molecular flexibility index (Phi) is 20.6. The van der Waals surface area contributed by atoms with Crippen LogP contribution in [0.2, 0.25) is 0 Å². The summed E-state index contributed by atoms with van der Waals surface area (Å²) in [5.41, 5.74) is -2.54. The Morgan fingerprint density at radius 2 is 0.978 bits per heavy atom. The smallest absolute Gasteiger partial charge is 0.408 e. The summed E-state index contributed by atoms with van der Waals surface area (Å²) >= 11 is 0. The number of nitrogens with zero attached hydrogens (tertiary/aromatic N) is 6. The van der Waals surface area contributed by atoms with E-state index in [4.69, 9.17) is 18.9 Å². The van der Waals surface area contributed by atoms with Gasteiger partial charge in [0.2, 0.25) is 23.6 Å². The van der Waals surface area contributed by atoms with Crippen LogP contribution in [0.15, 0.2) is 36.4 Å². The zero-order valence-corrected chi connectivity index (χ0v) is 55.0. The molecule has 26 heteroatoms. The molecule has 2 radical (unpaired) electrons. The van der Waals surface area contributed by atoms with Crippen molar-refractivity contribution in [1.82, 2.24) is 40.4 Å². The van der Waals surface area contributed by atoms with Gasteiger partial charge in [0.25, 0.3) is 11.8 Å². The zero-order valence-electron chi connectivity index (χ0n) is 52.2. The van der Waals surface area contributed by atoms with Crippen molar-refractivity contribution in [2.24, 2.45) is 58.2 Å². The van der Waals surface area contributed by atoms with Crippen molar-refractivity contribution in [2.75, 3.05) is 13.1 Å². The number of halogens is 6. The topological polar surface area (TPSA) is 221 Å². The summed E-state index contributed by atoms with van der Waals surface area (Å²) in [5, 5.41) is 5.55. The molecule has 4 unspecified atom stereocenters. The van der Waals surface area contributed by atoms with Gasteiger partial charge in [-0.25, -0.2) is 50.9 Å². The van der Waals surface area contributed by atoms with Crippen LogP contribution in [0.3, 0.4) is 0 Å². The number of amides is 4. The van der Waals surface area contributed by atoms with E-state index in [2.05, 4.69) is 30.6 Å². The second-order valence-electron chi connectivity index (χ2n) is 28.2. The molecule has 4 aliphatic heterocycles. The Morgan fingerprint density at radius 1 is 0.560 bits per heavy atom. The molecule has 2 saturated heterocycles. The van der Waals surface area contributed by atoms with Crippen molar-refractivity contribution in [2.45, 2.75) is 199 Å². The van der Waals surface area contributed by atoms with E-state index in [1.165, 1.54) is 21.9 Å². The van der Waals surface area contributed by atoms with Gasteiger partial charge in [0, 0.05) is 62.1 Å². The van der Waals surface area contributed by atoms with Gasteiger partial charge in [-0.1, -0.05) is 86.7 Å². The van der Waals surface area contributed by atoms with Gasteiger partial charge in [-0.3, -0.25) is 9.59 Å². The molecule has 2 aromatic carbocycles. The van der Waals surface area contributed by atoms with Crippen LogP contribution in [0.1, 0.15) is 150 Å². The number of alkyl halides is 4. The zero-order chi connectivity index (χ0) is 63.8. The van der Waals surface area contributed by atoms with E-state index in [0.29, 0.717) is 62.2 Å². The second-order valence-corrected chi connectivity index (χ2v) is 28.2. The summed E-state index contributed by atoms with van der Waals surface area (Å²) in [5.74, 6) is -9.48. The largest absolute Gasteiger partial charge is 0.540 e. The second kappa shape index (κ2) is 27.0. The number of hydrogen-bond acceptors (Lipinski definition) is 14. The van der Waals surface area contributed by atoms with Crippen LogP contribution >= 0.6 is 0 Å². The summed E-state index contributed by atoms with van der Waals surface area (Å²) in [7, 11) is 0. The van der Waals surface area contributed by atoms with E-state index < -0.39 is 143 Å². The van der Waals surface area contributed by atoms with Gasteiger partial charge in [0.1, 0.15) is 48.1 Å². The predicted octanol–water partition coefficient (Wildman–Crippen LogP) is 11.0. The first-order valence-electron chi connectivity index (χ1n) is 31.4. The van der Waals surface area contributed by atoms with Gasteiger partial charge < -0.3 is 49.0 Å². The summed E-state index contributed by atoms with van der Waals surface area (Å²) in [6.07, 6.45) is 5.38. The minimum absolute atomic E-state index is 0. The van der Waals surface area contributed by atoms with Crippen molar-refractivity contribution in [3.05, 3.63) is 59.4 Å². The summed E-state index contributed by atoms with van der Waals surface area (Å²) in [4.78, 5) is 98.5. The Morgan fingerprint density at radius 3 is 1.40 bits per heavy atom. The number of fused-ring (bicyclic) bond motifs is 14. The van der Waals surface area contributed by atoms with Gasteiger partial charge in [-0.2, -0.15) is 17.6 Å². The first-order valence-corrected chi connectivity index (χ1v) is 31.4. The fourth-order valence-corrected chi connectivity index (χ4v) is 14.9. The van der Waals surface area contributed by atoms with E-state index in [1.54, 1.807) is 55.4 Å². The number of nitrogens with one attached hydrogen (secondary N) is 2. The maximum absolute atomic E-state index is 16.0. The molecule has 0 spiro atoms. The average Bonchev–Trinajstić information content (AvgIpc) is 1.71. The van der Waals surface area contributed by atoms with E-state index in [9.17, 15) is 37.5 Å². The standard InChI is InChI=1S/C33H40F3N4O5.C32H38F3N4O5.2V/c1-5-19-24(16-41)40-15-26(19)44-29-27(37-22-10-9-18(34)14-23(22)38-29)33(35,36)11-7-6-8-20-21-12-17(21)13-25(20)45-31(43)39-28(30(40)42)32(2,3)4;1-16-23(15-40)39-14-25(16)43-28-26(36-21-9-8-18(33)13-22(21)37-28)32(34,35)10-6-5-7-19-20-11-17(20)12-24(19)44-30(42)38-27(29(39)41)31(2,3)4;;/h9-10,14,17,19-21,24-26,28H,5-8,11-13,15H2,1-4H3,(H,39,43);8-9,13,16-17,19-20,23-25,27H,5-7,10-12,14H2,1-4H3,(H,38,42);;/q2*-1;;/t17?,19-,20+,21?,24+,25+,26-,28+;16-,17?,19+,20?,23+,24+,25-,27+;;/m00../s1. The number of aromatic nitrogens is 4. The molecule has 16 atom stereocenters. The number of hydrogen-bond donors (Lipinski definition) is 2. The third-order valence-electron chi connectivity index (χ3n) is 20.0. The maximum Gasteiger partial charge on any atom is 0.408 e. The Hall–Kier alpha value is -5.71. The molecule has 6 fully saturated rings. The molecule has 4 saturated carbocycles. The van der Waals surface area contributed by atoms with Crippen molar-refractivity contribution in [1.29, 1.82) is 0 Å². The molecular formula is C65H78F6N8O10V2-2. The molecule has 6 heterocycles. The molecule has 4 amide bonds. The molecule has 8 aliphatic rings. The molecule has 4 bridgehead atoms. The van der Waals surface area contributed by atoms with Crippen LogP contribution in [0.4, 0.5) is 35.9 Å². The molecular weight excluding hydrogens is 1270 g/mol. The van der Waals surface area contributed by atoms with Gasteiger partial charge in [-0.15, -0.1) is 0 Å². The minimum Gasteiger partial charge on any atom is -0.540 e. The van der Waals surface area contributed by atoms with Crippen LogP contribution in [-0.2, 0) is 77.6 Å². The quantitative estimate of drug-likeness (QED) is 0.144. The van der Waals surface area contributed by atoms with Crippen LogP contribution in [-0.4, -0.2) is 128 Å². The molecule has 4 aromatic rings. The predicted molar refractivity (Wildman–Crippen MR) is 311 cm³/mol. The normalized spacial score (nSPS) is 33.0. The third-order valence-corrected chi connectivity index (χ3v) is 20.0. The minimum atomic E-state index is -3.42. The molecule has 18 nitrogen and oxygen atoms in total. The van der Waals surface area contributed by atoms with Crippen LogP contribution in [0, 0.1) is 69.8 Å². The molecule has 2 N–H and O–H groups in total. The van der Waals surface area contributed by atoms with E-state index in [1.807, 2.05) is 12.6 Å². The Labute approximate surface area is 549 Å². The van der Waals surface area contributed by atoms with Crippen LogP contribution in [0.5, 0.6) is 11.8 Å². The van der Waals surface area contributed by atoms with E-state index in [-0.39, 0.29) is 109 Å². The van der Waals surface area contributed by atoms with Gasteiger partial charge in [0.15, 0.2) is 11.4 Å². The van der Waals surface area contributed by atoms with Crippen molar-refractivity contribution in [3.63, 3.8) is 0 Å². The molecule has 2 aromatic heterocycles. The monoisotopic (exact) mass is 1350 g/mol. The van der Waals surface area contributed by atoms with Crippen LogP contribution < -0.4 is 20.1 Å². The van der Waals surface area contributed by atoms with Crippen molar-refractivity contribution >= 4 is 58.6 Å². The molecule has 4 aliphatic carbocycles.